The molecule has 1 saturated heterocycles. The van der Waals surface area contributed by atoms with Crippen LogP contribution in [0.2, 0.25) is 0 Å². The summed E-state index contributed by atoms with van der Waals surface area (Å²) in [7, 11) is -2.12. The summed E-state index contributed by atoms with van der Waals surface area (Å²) in [6, 6.07) is 14.0. The van der Waals surface area contributed by atoms with Gasteiger partial charge in [0.05, 0.1) is 38.2 Å². The van der Waals surface area contributed by atoms with Crippen LogP contribution >= 0.6 is 22.7 Å². The average Bonchev–Trinajstić information content (AvgIpc) is 3.51. The molecular formula is C26H25N5O6S3. The number of amides is 1. The number of aromatic nitrogens is 1. The lowest BCUT2D eigenvalue weighted by Gasteiger charge is -2.20. The van der Waals surface area contributed by atoms with Crippen LogP contribution in [-0.4, -0.2) is 55.0 Å². The van der Waals surface area contributed by atoms with Gasteiger partial charge in [0.25, 0.3) is 5.91 Å². The Bertz CT molecular complexity index is 1670. The lowest BCUT2D eigenvalue weighted by molar-refractivity contribution is -0.380. The number of carbonyl (C=O) groups is 1. The molecule has 14 heteroatoms. The van der Waals surface area contributed by atoms with E-state index in [1.54, 1.807) is 31.4 Å². The van der Waals surface area contributed by atoms with Gasteiger partial charge in [-0.05, 0) is 61.4 Å². The molecule has 2 aromatic carbocycles. The van der Waals surface area contributed by atoms with Gasteiger partial charge in [-0.25, -0.2) is 13.4 Å². The van der Waals surface area contributed by atoms with E-state index in [2.05, 4.69) is 10.1 Å². The largest absolute Gasteiger partial charge is 0.497 e. The molecule has 0 aliphatic carbocycles. The molecule has 0 radical (unpaired) electrons. The first-order valence-electron chi connectivity index (χ1n) is 12.4. The molecule has 40 heavy (non-hydrogen) atoms. The Morgan fingerprint density at radius 1 is 1.07 bits per heavy atom. The van der Waals surface area contributed by atoms with E-state index < -0.39 is 20.9 Å². The molecule has 2 aromatic heterocycles. The molecule has 0 N–H and O–H groups in total. The minimum Gasteiger partial charge on any atom is -0.497 e. The predicted molar refractivity (Wildman–Crippen MR) is 155 cm³/mol. The van der Waals surface area contributed by atoms with Crippen molar-refractivity contribution in [1.29, 1.82) is 0 Å². The number of nitrogens with zero attached hydrogens (tertiary/aromatic N) is 5. The van der Waals surface area contributed by atoms with Gasteiger partial charge < -0.3 is 4.74 Å². The molecule has 3 heterocycles. The number of carbonyl (C=O) groups excluding carboxylic acids is 1. The van der Waals surface area contributed by atoms with Crippen LogP contribution in [0.4, 0.5) is 10.1 Å². The summed E-state index contributed by atoms with van der Waals surface area (Å²) < 4.78 is 33.9. The van der Waals surface area contributed by atoms with Crippen molar-refractivity contribution >= 4 is 65.2 Å². The lowest BCUT2D eigenvalue weighted by atomic mass is 10.2. The Hall–Kier alpha value is -3.72. The van der Waals surface area contributed by atoms with Gasteiger partial charge in [-0.3, -0.25) is 14.9 Å². The minimum absolute atomic E-state index is 0.0485. The van der Waals surface area contributed by atoms with Gasteiger partial charge >= 0.3 is 5.00 Å². The first-order valence-corrected chi connectivity index (χ1v) is 15.5. The second kappa shape index (κ2) is 11.8. The van der Waals surface area contributed by atoms with E-state index in [1.165, 1.54) is 52.2 Å². The van der Waals surface area contributed by atoms with E-state index in [1.807, 2.05) is 0 Å². The third-order valence-corrected chi connectivity index (χ3v) is 10.2. The zero-order valence-corrected chi connectivity index (χ0v) is 23.9. The highest BCUT2D eigenvalue weighted by molar-refractivity contribution is 7.89. The Morgan fingerprint density at radius 3 is 2.45 bits per heavy atom. The van der Waals surface area contributed by atoms with Gasteiger partial charge in [0.15, 0.2) is 0 Å². The summed E-state index contributed by atoms with van der Waals surface area (Å²) in [6.07, 6.45) is 5.02. The number of benzene rings is 2. The van der Waals surface area contributed by atoms with Crippen LogP contribution in [0.25, 0.3) is 10.2 Å². The van der Waals surface area contributed by atoms with Crippen molar-refractivity contribution in [3.8, 4) is 5.75 Å². The molecule has 5 rings (SSSR count). The normalized spacial score (nSPS) is 14.8. The number of ether oxygens (including phenoxy) is 1. The molecule has 0 bridgehead atoms. The van der Waals surface area contributed by atoms with E-state index in [9.17, 15) is 23.3 Å². The number of anilines is 1. The third-order valence-electron chi connectivity index (χ3n) is 6.35. The van der Waals surface area contributed by atoms with Gasteiger partial charge in [0, 0.05) is 24.7 Å². The van der Waals surface area contributed by atoms with Gasteiger partial charge in [0.2, 0.25) is 15.2 Å². The summed E-state index contributed by atoms with van der Waals surface area (Å²) in [5, 5.41) is 16.8. The van der Waals surface area contributed by atoms with Crippen LogP contribution in [0.3, 0.4) is 0 Å². The maximum Gasteiger partial charge on any atom is 0.324 e. The minimum atomic E-state index is -3.67. The van der Waals surface area contributed by atoms with Crippen molar-refractivity contribution in [2.45, 2.75) is 30.6 Å². The van der Waals surface area contributed by atoms with Crippen LogP contribution < -0.4 is 9.75 Å². The van der Waals surface area contributed by atoms with Crippen molar-refractivity contribution in [1.82, 2.24) is 9.29 Å². The number of rotatable bonds is 8. The van der Waals surface area contributed by atoms with E-state index in [-0.39, 0.29) is 20.6 Å². The maximum absolute atomic E-state index is 13.7. The average molecular weight is 600 g/mol. The molecule has 0 atom stereocenters. The number of hydrogen-bond acceptors (Lipinski definition) is 10. The molecule has 4 aromatic rings. The van der Waals surface area contributed by atoms with Crippen molar-refractivity contribution in [3.05, 3.63) is 75.2 Å². The maximum atomic E-state index is 13.7. The molecule has 1 aliphatic heterocycles. The molecule has 0 spiro atoms. The van der Waals surface area contributed by atoms with E-state index in [4.69, 9.17) is 4.74 Å². The van der Waals surface area contributed by atoms with Crippen LogP contribution in [0.1, 0.15) is 40.9 Å². The fourth-order valence-corrected chi connectivity index (χ4v) is 7.40. The molecule has 11 nitrogen and oxygen atoms in total. The molecular weight excluding hydrogens is 575 g/mol. The Kier molecular flexibility index (Phi) is 8.21. The van der Waals surface area contributed by atoms with Crippen LogP contribution in [0.15, 0.2) is 64.6 Å². The summed E-state index contributed by atoms with van der Waals surface area (Å²) in [5.74, 6) is 0.100. The molecule has 0 saturated carbocycles. The topological polar surface area (TPSA) is 135 Å². The summed E-state index contributed by atoms with van der Waals surface area (Å²) in [4.78, 5) is 29.4. The number of thiazole rings is 1. The van der Waals surface area contributed by atoms with Crippen molar-refractivity contribution in [2.24, 2.45) is 5.10 Å². The Balaban J connectivity index is 1.47. The number of nitro groups is 1. The van der Waals surface area contributed by atoms with Crippen LogP contribution in [0, 0.1) is 10.1 Å². The van der Waals surface area contributed by atoms with Crippen molar-refractivity contribution in [3.63, 3.8) is 0 Å². The zero-order chi connectivity index (χ0) is 28.3. The Morgan fingerprint density at radius 2 is 1.80 bits per heavy atom. The molecule has 0 unspecified atom stereocenters. The molecule has 1 amide bonds. The lowest BCUT2D eigenvalue weighted by Crippen LogP contribution is -2.32. The van der Waals surface area contributed by atoms with Gasteiger partial charge in [-0.1, -0.05) is 35.5 Å². The fourth-order valence-electron chi connectivity index (χ4n) is 4.25. The smallest absolute Gasteiger partial charge is 0.324 e. The van der Waals surface area contributed by atoms with Crippen molar-refractivity contribution < 1.29 is 22.9 Å². The monoisotopic (exact) mass is 599 g/mol. The van der Waals surface area contributed by atoms with E-state index in [0.717, 1.165) is 46.7 Å². The number of thiophene rings is 1. The fraction of sp³-hybridized carbons (Fsp3) is 0.269. The second-order valence-electron chi connectivity index (χ2n) is 8.97. The summed E-state index contributed by atoms with van der Waals surface area (Å²) >= 11 is 2.15. The molecule has 1 fully saturated rings. The standard InChI is InChI=1S/C26H25N5O6S3/c1-37-19-8-12-22-23(16-19)39-26(28-22)30(27-17-20-9-13-24(38-20)31(33)34)25(32)18-6-10-21(11-7-18)40(35,36)29-14-4-2-3-5-15-29/h6-13,16-17H,2-5,14-15H2,1H3/b27-17+. The first kappa shape index (κ1) is 27.8. The third kappa shape index (κ3) is 5.89. The molecule has 1 aliphatic rings. The van der Waals surface area contributed by atoms with Crippen LogP contribution in [-0.2, 0) is 10.0 Å². The summed E-state index contributed by atoms with van der Waals surface area (Å²) in [5.41, 5.74) is 0.848. The first-order chi connectivity index (χ1) is 19.3. The number of hydrazone groups is 1. The number of sulfonamides is 1. The van der Waals surface area contributed by atoms with Gasteiger partial charge in [-0.15, -0.1) is 0 Å². The number of fused-ring (bicyclic) bond motifs is 1. The predicted octanol–water partition coefficient (Wildman–Crippen LogP) is 5.52. The number of hydrogen-bond donors (Lipinski definition) is 0. The zero-order valence-electron chi connectivity index (χ0n) is 21.4. The second-order valence-corrected chi connectivity index (χ2v) is 13.0. The van der Waals surface area contributed by atoms with E-state index in [0.29, 0.717) is 29.2 Å². The SMILES string of the molecule is COc1ccc2nc(N(/N=C/c3ccc([N+](=O)[O-])s3)C(=O)c3ccc(S(=O)(=O)N4CCCCCC4)cc3)sc2c1. The summed E-state index contributed by atoms with van der Waals surface area (Å²) in [6.45, 7) is 0.962. The highest BCUT2D eigenvalue weighted by Crippen LogP contribution is 2.33. The highest BCUT2D eigenvalue weighted by Gasteiger charge is 2.27. The van der Waals surface area contributed by atoms with Crippen LogP contribution in [0.5, 0.6) is 5.75 Å². The Labute approximate surface area is 238 Å². The van der Waals surface area contributed by atoms with Crippen molar-refractivity contribution in [2.75, 3.05) is 25.2 Å². The van der Waals surface area contributed by atoms with Gasteiger partial charge in [0.1, 0.15) is 5.75 Å². The number of methoxy groups -OCH3 is 1. The van der Waals surface area contributed by atoms with E-state index >= 15 is 0 Å². The highest BCUT2D eigenvalue weighted by atomic mass is 32.2. The quantitative estimate of drug-likeness (QED) is 0.148. The molecule has 208 valence electrons. The van der Waals surface area contributed by atoms with Gasteiger partial charge in [-0.2, -0.15) is 14.4 Å².